The van der Waals surface area contributed by atoms with E-state index in [0.717, 1.165) is 0 Å². The third kappa shape index (κ3) is 5.18. The molecule has 0 aliphatic heterocycles. The second-order valence-electron chi connectivity index (χ2n) is 4.85. The molecule has 0 heterocycles. The molecule has 0 bridgehead atoms. The van der Waals surface area contributed by atoms with Gasteiger partial charge in [-0.2, -0.15) is 13.2 Å². The Kier molecular flexibility index (Phi) is 7.34. The largest absolute Gasteiger partial charge is 0.506 e. The zero-order chi connectivity index (χ0) is 20.9. The lowest BCUT2D eigenvalue weighted by molar-refractivity contribution is -0.154. The van der Waals surface area contributed by atoms with Gasteiger partial charge in [0.15, 0.2) is 29.3 Å². The molecule has 1 aromatic rings. The van der Waals surface area contributed by atoms with Crippen molar-refractivity contribution < 1.29 is 50.5 Å². The number of benzene rings is 1. The lowest BCUT2D eigenvalue weighted by Gasteiger charge is -2.14. The Morgan fingerprint density at radius 2 is 1.81 bits per heavy atom. The minimum Gasteiger partial charge on any atom is -0.506 e. The Morgan fingerprint density at radius 3 is 2.30 bits per heavy atom. The zero-order valence-corrected chi connectivity index (χ0v) is 13.5. The number of carbonyl (C=O) groups excluding carboxylic acids is 1. The van der Waals surface area contributed by atoms with Gasteiger partial charge in [0, 0.05) is 6.21 Å². The molecule has 0 amide bonds. The number of aliphatic hydroxyl groups is 2. The van der Waals surface area contributed by atoms with Gasteiger partial charge in [0.05, 0.1) is 18.8 Å². The van der Waals surface area contributed by atoms with Crippen molar-refractivity contribution in [3.05, 3.63) is 40.5 Å². The highest BCUT2D eigenvalue weighted by atomic mass is 19.4. The van der Waals surface area contributed by atoms with Crippen LogP contribution in [0.15, 0.2) is 16.6 Å². The van der Waals surface area contributed by atoms with Gasteiger partial charge in [0.25, 0.3) is 0 Å². The first-order valence-electron chi connectivity index (χ1n) is 7.10. The summed E-state index contributed by atoms with van der Waals surface area (Å²) in [7, 11) is 0. The molecule has 0 aliphatic carbocycles. The molecule has 0 aliphatic rings. The maximum atomic E-state index is 13.8. The summed E-state index contributed by atoms with van der Waals surface area (Å²) in [4.78, 5) is 14.7. The maximum Gasteiger partial charge on any atom is 0.412 e. The van der Waals surface area contributed by atoms with Crippen molar-refractivity contribution in [1.82, 2.24) is 0 Å². The highest BCUT2D eigenvalue weighted by Gasteiger charge is 2.39. The fraction of sp³-hybridized carbons (Fsp3) is 0.333. The Labute approximate surface area is 147 Å². The number of ether oxygens (including phenoxy) is 1. The van der Waals surface area contributed by atoms with Crippen LogP contribution in [-0.2, 0) is 9.53 Å². The summed E-state index contributed by atoms with van der Waals surface area (Å²) in [5.41, 5.74) is -2.56. The van der Waals surface area contributed by atoms with E-state index in [-0.39, 0.29) is 18.9 Å². The first-order chi connectivity index (χ1) is 12.4. The summed E-state index contributed by atoms with van der Waals surface area (Å²) in [5, 5.41) is 18.6. The van der Waals surface area contributed by atoms with Crippen molar-refractivity contribution in [1.29, 1.82) is 0 Å². The van der Waals surface area contributed by atoms with Gasteiger partial charge in [-0.3, -0.25) is 4.99 Å². The smallest absolute Gasteiger partial charge is 0.412 e. The summed E-state index contributed by atoms with van der Waals surface area (Å²) in [6.45, 7) is -0.570. The van der Waals surface area contributed by atoms with Crippen LogP contribution in [0.2, 0.25) is 0 Å². The summed E-state index contributed by atoms with van der Waals surface area (Å²) < 4.78 is 95.5. The molecule has 12 heteroatoms. The second-order valence-corrected chi connectivity index (χ2v) is 4.85. The van der Waals surface area contributed by atoms with E-state index in [1.165, 1.54) is 6.92 Å². The van der Waals surface area contributed by atoms with Crippen LogP contribution in [0.25, 0.3) is 5.76 Å². The number of carbonyl (C=O) groups is 1. The fourth-order valence-corrected chi connectivity index (χ4v) is 1.71. The molecule has 2 N–H and O–H groups in total. The summed E-state index contributed by atoms with van der Waals surface area (Å²) in [6.07, 6.45) is -4.93. The molecule has 1 atom stereocenters. The topological polar surface area (TPSA) is 79.1 Å². The number of halogens is 7. The van der Waals surface area contributed by atoms with Gasteiger partial charge < -0.3 is 14.9 Å². The van der Waals surface area contributed by atoms with Crippen molar-refractivity contribution in [3.8, 4) is 0 Å². The van der Waals surface area contributed by atoms with Crippen molar-refractivity contribution in [2.75, 3.05) is 13.2 Å². The summed E-state index contributed by atoms with van der Waals surface area (Å²) in [6, 6.07) is -2.72. The molecule has 5 nitrogen and oxygen atoms in total. The van der Waals surface area contributed by atoms with Crippen LogP contribution < -0.4 is 0 Å². The zero-order valence-electron chi connectivity index (χ0n) is 13.5. The minimum atomic E-state index is -5.03. The van der Waals surface area contributed by atoms with Crippen LogP contribution in [-0.4, -0.2) is 47.8 Å². The lowest BCUT2D eigenvalue weighted by Crippen LogP contribution is -2.30. The molecule has 1 rings (SSSR count). The molecule has 1 aromatic carbocycles. The Balaban J connectivity index is 3.58. The van der Waals surface area contributed by atoms with Gasteiger partial charge in [-0.15, -0.1) is 0 Å². The van der Waals surface area contributed by atoms with E-state index in [0.29, 0.717) is 0 Å². The van der Waals surface area contributed by atoms with Crippen molar-refractivity contribution in [2.45, 2.75) is 19.1 Å². The van der Waals surface area contributed by atoms with Crippen LogP contribution in [0.5, 0.6) is 0 Å². The maximum absolute atomic E-state index is 13.8. The highest BCUT2D eigenvalue weighted by molar-refractivity contribution is 6.15. The molecule has 0 radical (unpaired) electrons. The van der Waals surface area contributed by atoms with E-state index in [1.807, 2.05) is 0 Å². The predicted molar refractivity (Wildman–Crippen MR) is 77.9 cm³/mol. The molecule has 0 aromatic heterocycles. The van der Waals surface area contributed by atoms with Crippen LogP contribution in [0.3, 0.4) is 0 Å². The molecule has 0 saturated heterocycles. The number of aliphatic imine (C=N–C) groups is 1. The number of alkyl halides is 3. The highest BCUT2D eigenvalue weighted by Crippen LogP contribution is 2.26. The first-order valence-corrected chi connectivity index (χ1v) is 7.10. The molecular formula is C15H12F7NO4. The molecule has 150 valence electrons. The van der Waals surface area contributed by atoms with Gasteiger partial charge in [-0.25, -0.2) is 22.4 Å². The Morgan fingerprint density at radius 1 is 1.22 bits per heavy atom. The third-order valence-corrected chi connectivity index (χ3v) is 3.04. The molecule has 0 saturated carbocycles. The van der Waals surface area contributed by atoms with Gasteiger partial charge in [0.1, 0.15) is 11.3 Å². The van der Waals surface area contributed by atoms with E-state index >= 15 is 0 Å². The van der Waals surface area contributed by atoms with Crippen LogP contribution in [0.4, 0.5) is 30.7 Å². The normalized spacial score (nSPS) is 14.3. The molecule has 27 heavy (non-hydrogen) atoms. The summed E-state index contributed by atoms with van der Waals surface area (Å²) in [5.74, 6) is -11.6. The first kappa shape index (κ1) is 22.4. The number of hydrogen-bond acceptors (Lipinski definition) is 5. The minimum absolute atomic E-state index is 0.0105. The van der Waals surface area contributed by atoms with Gasteiger partial charge in [-0.1, -0.05) is 0 Å². The average molecular weight is 403 g/mol. The monoisotopic (exact) mass is 403 g/mol. The molecule has 1 unspecified atom stereocenters. The van der Waals surface area contributed by atoms with Gasteiger partial charge >= 0.3 is 12.1 Å². The van der Waals surface area contributed by atoms with E-state index in [4.69, 9.17) is 5.11 Å². The number of rotatable bonds is 6. The quantitative estimate of drug-likeness (QED) is 0.146. The summed E-state index contributed by atoms with van der Waals surface area (Å²) >= 11 is 0. The fourth-order valence-electron chi connectivity index (χ4n) is 1.71. The Bertz CT molecular complexity index is 774. The van der Waals surface area contributed by atoms with Gasteiger partial charge in [-0.05, 0) is 13.0 Å². The molecular weight excluding hydrogens is 391 g/mol. The number of nitrogens with zero attached hydrogens (tertiary/aromatic N) is 1. The molecule has 0 spiro atoms. The van der Waals surface area contributed by atoms with Crippen LogP contribution in [0, 0.1) is 23.3 Å². The van der Waals surface area contributed by atoms with Crippen molar-refractivity contribution >= 4 is 17.9 Å². The van der Waals surface area contributed by atoms with E-state index in [1.54, 1.807) is 0 Å². The third-order valence-electron chi connectivity index (χ3n) is 3.04. The van der Waals surface area contributed by atoms with E-state index in [2.05, 4.69) is 9.73 Å². The lowest BCUT2D eigenvalue weighted by atomic mass is 10.1. The van der Waals surface area contributed by atoms with Crippen molar-refractivity contribution in [3.63, 3.8) is 0 Å². The average Bonchev–Trinajstić information content (AvgIpc) is 2.58. The number of esters is 1. The van der Waals surface area contributed by atoms with E-state index < -0.39 is 65.0 Å². The molecule has 0 fully saturated rings. The van der Waals surface area contributed by atoms with Crippen molar-refractivity contribution in [2.24, 2.45) is 4.99 Å². The number of hydrogen-bond donors (Lipinski definition) is 2. The SMILES string of the molecule is CCOC(=O)/C(C=NC(CO)C(F)(F)F)=C(\O)c1cc(F)c(F)c(F)c1F. The number of aliphatic hydroxyl groups excluding tert-OH is 2. The van der Waals surface area contributed by atoms with Gasteiger partial charge in [0.2, 0.25) is 0 Å². The van der Waals surface area contributed by atoms with E-state index in [9.17, 15) is 40.6 Å². The Hall–Kier alpha value is -2.63. The second kappa shape index (κ2) is 8.84. The van der Waals surface area contributed by atoms with Crippen LogP contribution in [0.1, 0.15) is 12.5 Å². The van der Waals surface area contributed by atoms with Crippen LogP contribution >= 0.6 is 0 Å². The standard InChI is InChI=1S/C15H12F7NO4/c1-2-27-14(26)7(4-23-9(5-24)15(20,21)22)13(25)6-3-8(16)11(18)12(19)10(6)17/h3-4,9,24-25H,2,5H2,1H3/b13-7-,23-4?. The predicted octanol–water partition coefficient (Wildman–Crippen LogP) is 3.07.